The van der Waals surface area contributed by atoms with Gasteiger partial charge in [-0.05, 0) is 18.2 Å². The summed E-state index contributed by atoms with van der Waals surface area (Å²) in [5, 5.41) is 47.4. The van der Waals surface area contributed by atoms with Crippen LogP contribution in [0.2, 0.25) is 0 Å². The number of aromatic nitrogens is 4. The van der Waals surface area contributed by atoms with Crippen molar-refractivity contribution in [1.82, 2.24) is 19.9 Å². The zero-order valence-corrected chi connectivity index (χ0v) is 16.7. The van der Waals surface area contributed by atoms with E-state index in [1.807, 2.05) is 30.3 Å². The van der Waals surface area contributed by atoms with Crippen molar-refractivity contribution in [3.8, 4) is 64.7 Å². The van der Waals surface area contributed by atoms with Crippen molar-refractivity contribution < 1.29 is 0 Å². The normalized spacial score (nSPS) is 10.0. The van der Waals surface area contributed by atoms with Gasteiger partial charge in [0.25, 0.3) is 0 Å². The molecule has 148 valence electrons. The van der Waals surface area contributed by atoms with Gasteiger partial charge in [0.2, 0.25) is 0 Å². The summed E-state index contributed by atoms with van der Waals surface area (Å²) in [6, 6.07) is 12.7. The SMILES string of the molecule is C=CC#Cc1cc2c(nc1C#N)-c1nc(C#N)c(C#N)nc1Cc1nc(C#N)c(C#N)cc1-2. The lowest BCUT2D eigenvalue weighted by molar-refractivity contribution is 0.975. The summed E-state index contributed by atoms with van der Waals surface area (Å²) in [6.07, 6.45) is 1.43. The highest BCUT2D eigenvalue weighted by atomic mass is 14.9. The maximum atomic E-state index is 9.64. The zero-order valence-electron chi connectivity index (χ0n) is 16.7. The van der Waals surface area contributed by atoms with E-state index in [0.717, 1.165) is 0 Å². The third-order valence-electron chi connectivity index (χ3n) is 4.79. The lowest BCUT2D eigenvalue weighted by atomic mass is 9.97. The molecule has 0 bridgehead atoms. The number of hydrogen-bond donors (Lipinski definition) is 0. The predicted octanol–water partition coefficient (Wildman–Crippen LogP) is 2.40. The van der Waals surface area contributed by atoms with Crippen LogP contribution < -0.4 is 0 Å². The molecule has 9 nitrogen and oxygen atoms in total. The molecule has 3 aromatic heterocycles. The highest BCUT2D eigenvalue weighted by molar-refractivity contribution is 5.86. The first-order valence-corrected chi connectivity index (χ1v) is 9.22. The Bertz CT molecular complexity index is 1670. The molecule has 0 saturated carbocycles. The number of nitriles is 5. The van der Waals surface area contributed by atoms with Gasteiger partial charge in [-0.2, -0.15) is 26.3 Å². The van der Waals surface area contributed by atoms with Gasteiger partial charge in [-0.3, -0.25) is 0 Å². The molecule has 0 fully saturated rings. The topological polar surface area (TPSA) is 171 Å². The Morgan fingerprint density at radius 1 is 0.667 bits per heavy atom. The number of rotatable bonds is 0. The van der Waals surface area contributed by atoms with Crippen LogP contribution in [0.3, 0.4) is 0 Å². The van der Waals surface area contributed by atoms with Crippen molar-refractivity contribution in [2.45, 2.75) is 6.42 Å². The summed E-state index contributed by atoms with van der Waals surface area (Å²) in [7, 11) is 0. The van der Waals surface area contributed by atoms with Crippen molar-refractivity contribution in [1.29, 1.82) is 26.3 Å². The summed E-state index contributed by atoms with van der Waals surface area (Å²) < 4.78 is 0. The van der Waals surface area contributed by atoms with Crippen LogP contribution in [0.1, 0.15) is 45.3 Å². The summed E-state index contributed by atoms with van der Waals surface area (Å²) in [5.74, 6) is 5.49. The minimum absolute atomic E-state index is 0.0179. The Morgan fingerprint density at radius 2 is 1.24 bits per heavy atom. The minimum Gasteiger partial charge on any atom is -0.240 e. The quantitative estimate of drug-likeness (QED) is 0.386. The largest absolute Gasteiger partial charge is 0.240 e. The number of allylic oxidation sites excluding steroid dienone is 1. The first-order chi connectivity index (χ1) is 16.1. The number of fused-ring (bicyclic) bond motifs is 5. The summed E-state index contributed by atoms with van der Waals surface area (Å²) in [4.78, 5) is 17.4. The van der Waals surface area contributed by atoms with Crippen molar-refractivity contribution in [2.75, 3.05) is 0 Å². The van der Waals surface area contributed by atoms with Gasteiger partial charge in [0.15, 0.2) is 22.8 Å². The van der Waals surface area contributed by atoms with Crippen molar-refractivity contribution in [3.05, 3.63) is 70.1 Å². The fourth-order valence-corrected chi connectivity index (χ4v) is 3.40. The molecule has 9 heteroatoms. The fraction of sp³-hybridized carbons (Fsp3) is 0.0417. The highest BCUT2D eigenvalue weighted by Gasteiger charge is 2.28. The highest BCUT2D eigenvalue weighted by Crippen LogP contribution is 2.39. The van der Waals surface area contributed by atoms with Crippen LogP contribution in [0.25, 0.3) is 22.5 Å². The molecular weight excluding hydrogens is 414 g/mol. The minimum atomic E-state index is -0.188. The fourth-order valence-electron chi connectivity index (χ4n) is 3.40. The second kappa shape index (κ2) is 8.10. The molecule has 0 unspecified atom stereocenters. The molecule has 3 aromatic rings. The van der Waals surface area contributed by atoms with E-state index in [-0.39, 0.29) is 46.1 Å². The lowest BCUT2D eigenvalue weighted by Gasteiger charge is -2.11. The summed E-state index contributed by atoms with van der Waals surface area (Å²) >= 11 is 0. The van der Waals surface area contributed by atoms with Crippen LogP contribution in [-0.4, -0.2) is 19.9 Å². The third-order valence-corrected chi connectivity index (χ3v) is 4.79. The molecule has 1 aliphatic carbocycles. The molecular formula is C24H7N9. The van der Waals surface area contributed by atoms with E-state index in [1.165, 1.54) is 12.1 Å². The number of hydrogen-bond acceptors (Lipinski definition) is 9. The Kier molecular flexibility index (Phi) is 5.01. The molecule has 4 rings (SSSR count). The molecule has 0 spiro atoms. The van der Waals surface area contributed by atoms with E-state index < -0.39 is 0 Å². The molecule has 0 saturated heterocycles. The van der Waals surface area contributed by atoms with E-state index in [2.05, 4.69) is 38.4 Å². The van der Waals surface area contributed by atoms with Crippen LogP contribution in [0, 0.1) is 68.5 Å². The van der Waals surface area contributed by atoms with Crippen molar-refractivity contribution in [3.63, 3.8) is 0 Å². The van der Waals surface area contributed by atoms with E-state index in [1.54, 1.807) is 6.07 Å². The first kappa shape index (κ1) is 20.4. The number of pyridine rings is 2. The molecule has 3 heterocycles. The second-order valence-corrected chi connectivity index (χ2v) is 6.58. The lowest BCUT2D eigenvalue weighted by Crippen LogP contribution is -2.06. The van der Waals surface area contributed by atoms with Gasteiger partial charge in [0.05, 0.1) is 22.5 Å². The van der Waals surface area contributed by atoms with Crippen LogP contribution >= 0.6 is 0 Å². The van der Waals surface area contributed by atoms with Gasteiger partial charge >= 0.3 is 0 Å². The second-order valence-electron chi connectivity index (χ2n) is 6.58. The molecule has 1 aliphatic rings. The summed E-state index contributed by atoms with van der Waals surface area (Å²) in [5.41, 5.74) is 2.06. The van der Waals surface area contributed by atoms with E-state index in [4.69, 9.17) is 0 Å². The maximum absolute atomic E-state index is 9.64. The molecule has 0 aliphatic heterocycles. The molecule has 0 amide bonds. The third kappa shape index (κ3) is 3.28. The molecule has 0 N–H and O–H groups in total. The monoisotopic (exact) mass is 421 g/mol. The Balaban J connectivity index is 2.20. The van der Waals surface area contributed by atoms with Gasteiger partial charge in [-0.1, -0.05) is 18.4 Å². The summed E-state index contributed by atoms with van der Waals surface area (Å²) in [6.45, 7) is 3.55. The average molecular weight is 421 g/mol. The Labute approximate surface area is 187 Å². The predicted molar refractivity (Wildman–Crippen MR) is 112 cm³/mol. The Hall–Kier alpha value is -5.87. The van der Waals surface area contributed by atoms with Crippen molar-refractivity contribution in [2.24, 2.45) is 0 Å². The van der Waals surface area contributed by atoms with E-state index >= 15 is 0 Å². The van der Waals surface area contributed by atoms with Gasteiger partial charge in [-0.15, -0.1) is 0 Å². The van der Waals surface area contributed by atoms with Crippen LogP contribution in [0.15, 0.2) is 24.8 Å². The maximum Gasteiger partial charge on any atom is 0.177 e. The van der Waals surface area contributed by atoms with Gasteiger partial charge in [0, 0.05) is 17.5 Å². The van der Waals surface area contributed by atoms with Crippen LogP contribution in [-0.2, 0) is 6.42 Å². The average Bonchev–Trinajstić information content (AvgIpc) is 2.98. The molecule has 0 aromatic carbocycles. The van der Waals surface area contributed by atoms with E-state index in [9.17, 15) is 26.3 Å². The van der Waals surface area contributed by atoms with E-state index in [0.29, 0.717) is 28.1 Å². The van der Waals surface area contributed by atoms with Crippen molar-refractivity contribution >= 4 is 0 Å². The van der Waals surface area contributed by atoms with Gasteiger partial charge in [0.1, 0.15) is 41.7 Å². The standard InChI is InChI=1S/C24H7N9/c1-2-3-4-13-5-16-15-6-14(8-25)20(10-27)30-17(15)7-18-24(23(16)32-19(13)9-26)33-22(12-29)21(11-28)31-18/h2,5-6H,1,7H2. The van der Waals surface area contributed by atoms with Gasteiger partial charge < -0.3 is 0 Å². The Morgan fingerprint density at radius 3 is 1.88 bits per heavy atom. The number of nitrogens with zero attached hydrogens (tertiary/aromatic N) is 9. The first-order valence-electron chi connectivity index (χ1n) is 9.22. The van der Waals surface area contributed by atoms with Gasteiger partial charge in [-0.25, -0.2) is 19.9 Å². The zero-order chi connectivity index (χ0) is 23.5. The molecule has 33 heavy (non-hydrogen) atoms. The molecule has 0 radical (unpaired) electrons. The smallest absolute Gasteiger partial charge is 0.177 e. The van der Waals surface area contributed by atoms with Crippen LogP contribution in [0.5, 0.6) is 0 Å². The molecule has 0 atom stereocenters. The van der Waals surface area contributed by atoms with Crippen LogP contribution in [0.4, 0.5) is 0 Å².